The zero-order valence-corrected chi connectivity index (χ0v) is 12.9. The van der Waals surface area contributed by atoms with Crippen LogP contribution in [0.2, 0.25) is 0 Å². The second-order valence-corrected chi connectivity index (χ2v) is 5.18. The molecule has 1 amide bonds. The van der Waals surface area contributed by atoms with E-state index in [2.05, 4.69) is 23.3 Å². The second kappa shape index (κ2) is 8.34. The number of phenols is 4. The lowest BCUT2D eigenvalue weighted by Crippen LogP contribution is -2.38. The van der Waals surface area contributed by atoms with Gasteiger partial charge in [-0.25, -0.2) is 4.79 Å². The molecule has 23 heavy (non-hydrogen) atoms. The van der Waals surface area contributed by atoms with E-state index in [0.717, 1.165) is 6.07 Å². The molecule has 1 unspecified atom stereocenters. The van der Waals surface area contributed by atoms with E-state index in [1.165, 1.54) is 0 Å². The van der Waals surface area contributed by atoms with Crippen LogP contribution in [0.15, 0.2) is 6.07 Å². The number of carbonyl (C=O) groups excluding carboxylic acids is 1. The molecule has 0 saturated heterocycles. The fraction of sp³-hybridized carbons (Fsp3) is 0.385. The molecule has 0 aliphatic carbocycles. The van der Waals surface area contributed by atoms with Crippen LogP contribution in [0.1, 0.15) is 12.0 Å². The number of hydrogen-bond acceptors (Lipinski definition) is 8. The van der Waals surface area contributed by atoms with Gasteiger partial charge >= 0.3 is 5.97 Å². The number of nitrogens with one attached hydrogen (secondary N) is 2. The molecule has 0 bridgehead atoms. The third-order valence-corrected chi connectivity index (χ3v) is 3.29. The molecule has 0 aliphatic rings. The van der Waals surface area contributed by atoms with E-state index < -0.39 is 40.2 Å². The minimum absolute atomic E-state index is 0.0302. The Balaban J connectivity index is 2.36. The Morgan fingerprint density at radius 3 is 2.35 bits per heavy atom. The van der Waals surface area contributed by atoms with Crippen LogP contribution in [0.25, 0.3) is 0 Å². The molecular weight excluding hydrogens is 328 g/mol. The first-order valence-electron chi connectivity index (χ1n) is 6.60. The van der Waals surface area contributed by atoms with Crippen LogP contribution < -0.4 is 10.6 Å². The molecule has 0 saturated carbocycles. The summed E-state index contributed by atoms with van der Waals surface area (Å²) in [6, 6.07) is 1.12. The maximum absolute atomic E-state index is 11.4. The molecule has 1 atom stereocenters. The topological polar surface area (TPSA) is 159 Å². The van der Waals surface area contributed by atoms with Gasteiger partial charge in [0.2, 0.25) is 17.4 Å². The number of hydrogen-bond donors (Lipinski definition) is 8. The van der Waals surface area contributed by atoms with Crippen molar-refractivity contribution in [2.45, 2.75) is 18.2 Å². The first-order valence-corrected chi connectivity index (χ1v) is 7.12. The maximum atomic E-state index is 11.4. The van der Waals surface area contributed by atoms with Gasteiger partial charge in [-0.15, -0.1) is 12.6 Å². The Labute approximate surface area is 137 Å². The first kappa shape index (κ1) is 18.7. The minimum atomic E-state index is -1.26. The van der Waals surface area contributed by atoms with E-state index in [-0.39, 0.29) is 24.9 Å². The fourth-order valence-electron chi connectivity index (χ4n) is 1.71. The molecule has 0 aliphatic heterocycles. The first-order chi connectivity index (χ1) is 10.7. The molecule has 1 aromatic rings. The van der Waals surface area contributed by atoms with Crippen molar-refractivity contribution in [2.75, 3.05) is 13.1 Å². The summed E-state index contributed by atoms with van der Waals surface area (Å²) >= 11 is 3.67. The van der Waals surface area contributed by atoms with Crippen molar-refractivity contribution in [3.05, 3.63) is 11.6 Å². The van der Waals surface area contributed by atoms with Crippen molar-refractivity contribution in [3.63, 3.8) is 0 Å². The fourth-order valence-corrected chi connectivity index (χ4v) is 1.86. The molecule has 0 heterocycles. The standard InChI is InChI=1S/C13H18N2O7S/c16-7-5-6(9(18)11(20)10(7)19)1-3-14-4-2-8(17)15-12(23)13(21)22/h5,12,14,16,18-20,23H,1-4H2,(H,15,17)(H,21,22). The van der Waals surface area contributed by atoms with Crippen molar-refractivity contribution in [1.29, 1.82) is 0 Å². The van der Waals surface area contributed by atoms with Crippen LogP contribution in [0, 0.1) is 0 Å². The summed E-state index contributed by atoms with van der Waals surface area (Å²) in [6.45, 7) is 0.566. The van der Waals surface area contributed by atoms with Crippen LogP contribution >= 0.6 is 12.6 Å². The number of phenolic OH excluding ortho intramolecular Hbond substituents is 4. The number of benzene rings is 1. The summed E-state index contributed by atoms with van der Waals surface area (Å²) in [5.41, 5.74) is 0.219. The van der Waals surface area contributed by atoms with Gasteiger partial charge in [0.1, 0.15) is 0 Å². The summed E-state index contributed by atoms with van der Waals surface area (Å²) in [5.74, 6) is -4.41. The third-order valence-electron chi connectivity index (χ3n) is 2.94. The molecular formula is C13H18N2O7S. The number of carbonyl (C=O) groups is 2. The van der Waals surface area contributed by atoms with Gasteiger partial charge in [0.25, 0.3) is 0 Å². The summed E-state index contributed by atoms with van der Waals surface area (Å²) in [6.07, 6.45) is 0.252. The molecule has 0 radical (unpaired) electrons. The van der Waals surface area contributed by atoms with Gasteiger partial charge in [-0.1, -0.05) is 0 Å². The van der Waals surface area contributed by atoms with Crippen molar-refractivity contribution in [1.82, 2.24) is 10.6 Å². The van der Waals surface area contributed by atoms with Crippen LogP contribution in [0.4, 0.5) is 0 Å². The summed E-state index contributed by atoms with van der Waals surface area (Å²) in [4.78, 5) is 21.9. The summed E-state index contributed by atoms with van der Waals surface area (Å²) in [7, 11) is 0. The Morgan fingerprint density at radius 2 is 1.74 bits per heavy atom. The molecule has 128 valence electrons. The molecule has 0 aromatic heterocycles. The molecule has 7 N–H and O–H groups in total. The number of carboxylic acids is 1. The highest BCUT2D eigenvalue weighted by atomic mass is 32.1. The second-order valence-electron chi connectivity index (χ2n) is 4.66. The lowest BCUT2D eigenvalue weighted by Gasteiger charge is -2.11. The highest BCUT2D eigenvalue weighted by Crippen LogP contribution is 2.43. The number of thiol groups is 1. The highest BCUT2D eigenvalue weighted by Gasteiger charge is 2.16. The van der Waals surface area contributed by atoms with E-state index in [1.54, 1.807) is 0 Å². The summed E-state index contributed by atoms with van der Waals surface area (Å²) in [5, 5.41) is 49.9. The molecule has 0 spiro atoms. The average molecular weight is 346 g/mol. The number of carboxylic acid groups (broad SMARTS) is 1. The van der Waals surface area contributed by atoms with Crippen LogP contribution in [-0.4, -0.2) is 55.9 Å². The average Bonchev–Trinajstić information content (AvgIpc) is 2.49. The Morgan fingerprint density at radius 1 is 1.09 bits per heavy atom. The number of amides is 1. The molecule has 0 fully saturated rings. The van der Waals surface area contributed by atoms with E-state index >= 15 is 0 Å². The Bertz CT molecular complexity index is 594. The molecule has 10 heteroatoms. The predicted molar refractivity (Wildman–Crippen MR) is 82.8 cm³/mol. The van der Waals surface area contributed by atoms with Crippen molar-refractivity contribution in [3.8, 4) is 23.0 Å². The third kappa shape index (κ3) is 5.42. The number of aromatic hydroxyl groups is 4. The number of aliphatic carboxylic acids is 1. The van der Waals surface area contributed by atoms with Gasteiger partial charge in [-0.05, 0) is 19.0 Å². The molecule has 1 aromatic carbocycles. The van der Waals surface area contributed by atoms with E-state index in [1.807, 2.05) is 0 Å². The van der Waals surface area contributed by atoms with Gasteiger partial charge in [-0.3, -0.25) is 4.79 Å². The van der Waals surface area contributed by atoms with Gasteiger partial charge in [0.15, 0.2) is 16.9 Å². The smallest absolute Gasteiger partial charge is 0.336 e. The highest BCUT2D eigenvalue weighted by molar-refractivity contribution is 7.81. The predicted octanol–water partition coefficient (Wildman–Crippen LogP) is -0.512. The normalized spacial score (nSPS) is 11.9. The van der Waals surface area contributed by atoms with Crippen molar-refractivity contribution in [2.24, 2.45) is 0 Å². The quantitative estimate of drug-likeness (QED) is 0.103. The zero-order chi connectivity index (χ0) is 17.6. The maximum Gasteiger partial charge on any atom is 0.336 e. The largest absolute Gasteiger partial charge is 0.504 e. The van der Waals surface area contributed by atoms with Crippen LogP contribution in [0.3, 0.4) is 0 Å². The van der Waals surface area contributed by atoms with Gasteiger partial charge in [0, 0.05) is 18.5 Å². The van der Waals surface area contributed by atoms with Crippen LogP contribution in [0.5, 0.6) is 23.0 Å². The monoisotopic (exact) mass is 346 g/mol. The van der Waals surface area contributed by atoms with E-state index in [0.29, 0.717) is 6.54 Å². The number of rotatable bonds is 8. The lowest BCUT2D eigenvalue weighted by molar-refractivity contribution is -0.139. The Hall–Kier alpha value is -2.33. The zero-order valence-electron chi connectivity index (χ0n) is 12.0. The van der Waals surface area contributed by atoms with Gasteiger partial charge in [-0.2, -0.15) is 0 Å². The van der Waals surface area contributed by atoms with E-state index in [4.69, 9.17) is 5.11 Å². The minimum Gasteiger partial charge on any atom is -0.504 e. The van der Waals surface area contributed by atoms with Gasteiger partial charge < -0.3 is 36.2 Å². The Kier molecular flexibility index (Phi) is 6.79. The van der Waals surface area contributed by atoms with Crippen LogP contribution in [-0.2, 0) is 16.0 Å². The SMILES string of the molecule is O=C(CCNCCc1cc(O)c(O)c(O)c1O)NC(S)C(=O)O. The van der Waals surface area contributed by atoms with Crippen molar-refractivity contribution >= 4 is 24.5 Å². The summed E-state index contributed by atoms with van der Waals surface area (Å²) < 4.78 is 0. The lowest BCUT2D eigenvalue weighted by atomic mass is 10.1. The van der Waals surface area contributed by atoms with E-state index in [9.17, 15) is 30.0 Å². The van der Waals surface area contributed by atoms with Gasteiger partial charge in [0.05, 0.1) is 0 Å². The molecule has 9 nitrogen and oxygen atoms in total. The molecule has 1 rings (SSSR count). The van der Waals surface area contributed by atoms with Crippen molar-refractivity contribution < 1.29 is 35.1 Å².